The van der Waals surface area contributed by atoms with E-state index in [2.05, 4.69) is 4.98 Å². The fourth-order valence-corrected chi connectivity index (χ4v) is 1.41. The summed E-state index contributed by atoms with van der Waals surface area (Å²) >= 11 is 0. The second kappa shape index (κ2) is 4.97. The van der Waals surface area contributed by atoms with Crippen molar-refractivity contribution >= 4 is 5.91 Å². The lowest BCUT2D eigenvalue weighted by Gasteiger charge is -2.07. The summed E-state index contributed by atoms with van der Waals surface area (Å²) in [6, 6.07) is 11.6. The minimum Gasteiger partial charge on any atom is -0.438 e. The number of amides is 1. The van der Waals surface area contributed by atoms with Crippen molar-refractivity contribution in [3.8, 4) is 17.7 Å². The highest BCUT2D eigenvalue weighted by molar-refractivity contribution is 5.95. The Morgan fingerprint density at radius 3 is 2.83 bits per heavy atom. The number of para-hydroxylation sites is 1. The summed E-state index contributed by atoms with van der Waals surface area (Å²) < 4.78 is 5.45. The Morgan fingerprint density at radius 2 is 2.11 bits per heavy atom. The maximum absolute atomic E-state index is 11.2. The maximum atomic E-state index is 11.2. The fourth-order valence-electron chi connectivity index (χ4n) is 1.41. The Bertz CT molecular complexity index is 632. The maximum Gasteiger partial charge on any atom is 0.252 e. The highest BCUT2D eigenvalue weighted by Crippen LogP contribution is 2.23. The molecular weight excluding hydrogens is 230 g/mol. The van der Waals surface area contributed by atoms with Crippen LogP contribution in [-0.4, -0.2) is 10.9 Å². The first kappa shape index (κ1) is 11.6. The van der Waals surface area contributed by atoms with E-state index >= 15 is 0 Å². The molecule has 2 N–H and O–H groups in total. The van der Waals surface area contributed by atoms with Crippen molar-refractivity contribution in [2.24, 2.45) is 5.73 Å². The van der Waals surface area contributed by atoms with Crippen molar-refractivity contribution in [1.82, 2.24) is 4.98 Å². The van der Waals surface area contributed by atoms with Gasteiger partial charge in [0, 0.05) is 12.3 Å². The van der Waals surface area contributed by atoms with E-state index in [4.69, 9.17) is 15.7 Å². The van der Waals surface area contributed by atoms with Crippen molar-refractivity contribution in [1.29, 1.82) is 5.26 Å². The van der Waals surface area contributed by atoms with Crippen molar-refractivity contribution < 1.29 is 9.53 Å². The van der Waals surface area contributed by atoms with Gasteiger partial charge in [0.15, 0.2) is 0 Å². The molecule has 5 heteroatoms. The normalized spacial score (nSPS) is 9.50. The number of hydrogen-bond donors (Lipinski definition) is 1. The van der Waals surface area contributed by atoms with E-state index < -0.39 is 5.91 Å². The number of carbonyl (C=O) groups excluding carboxylic acids is 1. The molecule has 0 saturated carbocycles. The van der Waals surface area contributed by atoms with Crippen LogP contribution in [0.15, 0.2) is 42.6 Å². The Balaban J connectivity index is 2.34. The van der Waals surface area contributed by atoms with Gasteiger partial charge in [0.1, 0.15) is 5.75 Å². The zero-order chi connectivity index (χ0) is 13.0. The molecule has 2 aromatic rings. The molecule has 0 aliphatic rings. The summed E-state index contributed by atoms with van der Waals surface area (Å²) in [5.41, 5.74) is 5.93. The second-order valence-corrected chi connectivity index (χ2v) is 3.46. The molecule has 88 valence electrons. The number of primary amides is 1. The minimum absolute atomic E-state index is 0.239. The van der Waals surface area contributed by atoms with E-state index in [-0.39, 0.29) is 11.4 Å². The first-order valence-corrected chi connectivity index (χ1v) is 5.13. The van der Waals surface area contributed by atoms with Gasteiger partial charge >= 0.3 is 0 Å². The molecule has 0 unspecified atom stereocenters. The summed E-state index contributed by atoms with van der Waals surface area (Å²) in [6.45, 7) is 0. The quantitative estimate of drug-likeness (QED) is 0.884. The van der Waals surface area contributed by atoms with E-state index in [9.17, 15) is 4.79 Å². The van der Waals surface area contributed by atoms with E-state index in [1.807, 2.05) is 6.07 Å². The highest BCUT2D eigenvalue weighted by Gasteiger charge is 2.09. The molecule has 0 saturated heterocycles. The lowest BCUT2D eigenvalue weighted by atomic mass is 10.2. The van der Waals surface area contributed by atoms with Crippen molar-refractivity contribution in [2.45, 2.75) is 0 Å². The number of pyridine rings is 1. The summed E-state index contributed by atoms with van der Waals surface area (Å²) in [6.07, 6.45) is 1.46. The number of hydrogen-bond acceptors (Lipinski definition) is 4. The molecule has 1 aromatic heterocycles. The number of nitrogens with zero attached hydrogens (tertiary/aromatic N) is 2. The topological polar surface area (TPSA) is 89.0 Å². The van der Waals surface area contributed by atoms with Crippen LogP contribution in [0.25, 0.3) is 0 Å². The van der Waals surface area contributed by atoms with Crippen molar-refractivity contribution in [3.05, 3.63) is 53.7 Å². The monoisotopic (exact) mass is 239 g/mol. The molecular formula is C13H9N3O2. The zero-order valence-corrected chi connectivity index (χ0v) is 9.33. The summed E-state index contributed by atoms with van der Waals surface area (Å²) in [5, 5.41) is 8.76. The third kappa shape index (κ3) is 2.44. The minimum atomic E-state index is -0.581. The molecule has 0 atom stereocenters. The smallest absolute Gasteiger partial charge is 0.252 e. The van der Waals surface area contributed by atoms with Crippen LogP contribution >= 0.6 is 0 Å². The summed E-state index contributed by atoms with van der Waals surface area (Å²) in [5.74, 6) is -0.0302. The SMILES string of the molecule is N#Cc1ccnc(Oc2ccccc2C(N)=O)c1. The van der Waals surface area contributed by atoms with E-state index in [1.165, 1.54) is 12.3 Å². The molecule has 0 fully saturated rings. The van der Waals surface area contributed by atoms with Gasteiger partial charge in [0.25, 0.3) is 5.91 Å². The largest absolute Gasteiger partial charge is 0.438 e. The number of benzene rings is 1. The molecule has 0 bridgehead atoms. The lowest BCUT2D eigenvalue weighted by molar-refractivity contribution is 0.0998. The van der Waals surface area contributed by atoms with Crippen molar-refractivity contribution in [3.63, 3.8) is 0 Å². The Kier molecular flexibility index (Phi) is 3.21. The molecule has 1 aromatic carbocycles. The Hall–Kier alpha value is -2.87. The van der Waals surface area contributed by atoms with Crippen LogP contribution in [0.1, 0.15) is 15.9 Å². The number of carbonyl (C=O) groups is 1. The molecule has 18 heavy (non-hydrogen) atoms. The molecule has 0 spiro atoms. The molecule has 1 heterocycles. The van der Waals surface area contributed by atoms with Crippen LogP contribution in [0.4, 0.5) is 0 Å². The molecule has 0 aliphatic heterocycles. The first-order chi connectivity index (χ1) is 8.70. The van der Waals surface area contributed by atoms with Gasteiger partial charge in [-0.05, 0) is 18.2 Å². The van der Waals surface area contributed by atoms with Gasteiger partial charge in [0.2, 0.25) is 5.88 Å². The van der Waals surface area contributed by atoms with Gasteiger partial charge in [-0.15, -0.1) is 0 Å². The van der Waals surface area contributed by atoms with Gasteiger partial charge in [0.05, 0.1) is 17.2 Å². The van der Waals surface area contributed by atoms with Gasteiger partial charge in [-0.25, -0.2) is 4.98 Å². The number of aromatic nitrogens is 1. The molecule has 0 aliphatic carbocycles. The third-order valence-electron chi connectivity index (χ3n) is 2.23. The number of nitriles is 1. The summed E-state index contributed by atoms with van der Waals surface area (Å²) in [4.78, 5) is 15.2. The van der Waals surface area contributed by atoms with Crippen molar-refractivity contribution in [2.75, 3.05) is 0 Å². The van der Waals surface area contributed by atoms with Gasteiger partial charge in [-0.3, -0.25) is 4.79 Å². The molecule has 1 amide bonds. The number of ether oxygens (including phenoxy) is 1. The van der Waals surface area contributed by atoms with Crippen LogP contribution in [0.2, 0.25) is 0 Å². The lowest BCUT2D eigenvalue weighted by Crippen LogP contribution is -2.12. The second-order valence-electron chi connectivity index (χ2n) is 3.46. The molecule has 5 nitrogen and oxygen atoms in total. The average Bonchev–Trinajstić information content (AvgIpc) is 2.39. The standard InChI is InChI=1S/C13H9N3O2/c14-8-9-5-6-16-12(7-9)18-11-4-2-1-3-10(11)13(15)17/h1-7H,(H2,15,17). The van der Waals surface area contributed by atoms with Crippen LogP contribution in [-0.2, 0) is 0 Å². The van der Waals surface area contributed by atoms with E-state index in [1.54, 1.807) is 30.3 Å². The van der Waals surface area contributed by atoms with E-state index in [0.717, 1.165) is 0 Å². The number of nitrogens with two attached hydrogens (primary N) is 1. The number of rotatable bonds is 3. The average molecular weight is 239 g/mol. The fraction of sp³-hybridized carbons (Fsp3) is 0. The van der Waals surface area contributed by atoms with Gasteiger partial charge < -0.3 is 10.5 Å². The summed E-state index contributed by atoms with van der Waals surface area (Å²) in [7, 11) is 0. The first-order valence-electron chi connectivity index (χ1n) is 5.13. The van der Waals surface area contributed by atoms with Crippen LogP contribution in [0, 0.1) is 11.3 Å². The molecule has 2 rings (SSSR count). The van der Waals surface area contributed by atoms with Crippen LogP contribution in [0.5, 0.6) is 11.6 Å². The highest BCUT2D eigenvalue weighted by atomic mass is 16.5. The van der Waals surface area contributed by atoms with Gasteiger partial charge in [-0.2, -0.15) is 5.26 Å². The van der Waals surface area contributed by atoms with E-state index in [0.29, 0.717) is 11.3 Å². The van der Waals surface area contributed by atoms with Crippen LogP contribution in [0.3, 0.4) is 0 Å². The Morgan fingerprint density at radius 1 is 1.33 bits per heavy atom. The Labute approximate surface area is 103 Å². The predicted octanol–water partition coefficient (Wildman–Crippen LogP) is 1.84. The zero-order valence-electron chi connectivity index (χ0n) is 9.33. The van der Waals surface area contributed by atoms with Gasteiger partial charge in [-0.1, -0.05) is 12.1 Å². The predicted molar refractivity (Wildman–Crippen MR) is 64.0 cm³/mol. The third-order valence-corrected chi connectivity index (χ3v) is 2.23. The van der Waals surface area contributed by atoms with Crippen LogP contribution < -0.4 is 10.5 Å². The molecule has 0 radical (unpaired) electrons.